The van der Waals surface area contributed by atoms with Gasteiger partial charge in [0.2, 0.25) is 23.6 Å². The number of carboxylic acid groups (broad SMARTS) is 1. The van der Waals surface area contributed by atoms with Crippen molar-refractivity contribution in [3.05, 3.63) is 0 Å². The van der Waals surface area contributed by atoms with Gasteiger partial charge in [-0.25, -0.2) is 4.79 Å². The molecule has 8 N–H and O–H groups in total. The molecule has 0 aromatic carbocycles. The lowest BCUT2D eigenvalue weighted by atomic mass is 10.0. The highest BCUT2D eigenvalue weighted by Gasteiger charge is 2.33. The fraction of sp³-hybridized carbons (Fsp3) is 0.684. The molecule has 14 heteroatoms. The van der Waals surface area contributed by atoms with Crippen LogP contribution in [0.25, 0.3) is 0 Å². The molecular formula is C19H33N5O9. The third-order valence-corrected chi connectivity index (χ3v) is 4.48. The summed E-state index contributed by atoms with van der Waals surface area (Å²) in [5.41, 5.74) is 0. The van der Waals surface area contributed by atoms with E-state index in [0.29, 0.717) is 0 Å². The summed E-state index contributed by atoms with van der Waals surface area (Å²) in [6.07, 6.45) is -2.13. The number of nitrogens with one attached hydrogen (secondary N) is 4. The molecule has 0 aromatic rings. The van der Waals surface area contributed by atoms with E-state index in [2.05, 4.69) is 26.1 Å². The number of carbonyl (C=O) groups is 6. The lowest BCUT2D eigenvalue weighted by Crippen LogP contribution is -2.60. The van der Waals surface area contributed by atoms with Crippen LogP contribution in [0.5, 0.6) is 0 Å². The second-order valence-corrected chi connectivity index (χ2v) is 7.81. The maximum Gasteiger partial charge on any atom is 0.346 e. The monoisotopic (exact) mass is 475 g/mol. The van der Waals surface area contributed by atoms with Gasteiger partial charge in [0.15, 0.2) is 0 Å². The summed E-state index contributed by atoms with van der Waals surface area (Å²) >= 11 is 0. The molecular weight excluding hydrogens is 442 g/mol. The van der Waals surface area contributed by atoms with Gasteiger partial charge in [-0.15, -0.1) is 0 Å². The molecule has 0 radical (unpaired) electrons. The minimum atomic E-state index is -1.40. The first-order valence-electron chi connectivity index (χ1n) is 10.2. The van der Waals surface area contributed by atoms with Gasteiger partial charge in [-0.05, 0) is 26.2 Å². The second kappa shape index (κ2) is 14.0. The Morgan fingerprint density at radius 2 is 1.39 bits per heavy atom. The highest BCUT2D eigenvalue weighted by Crippen LogP contribution is 2.07. The molecule has 0 rings (SSSR count). The number of nitrogens with two attached hydrogens (primary N) is 1. The molecule has 0 unspecified atom stereocenters. The summed E-state index contributed by atoms with van der Waals surface area (Å²) in [6, 6.07) is -5.05. The Bertz CT molecular complexity index is 741. The van der Waals surface area contributed by atoms with Gasteiger partial charge in [-0.2, -0.15) is 5.90 Å². The van der Waals surface area contributed by atoms with Crippen LogP contribution >= 0.6 is 0 Å². The van der Waals surface area contributed by atoms with E-state index in [1.165, 1.54) is 13.8 Å². The highest BCUT2D eigenvalue weighted by molar-refractivity contribution is 5.95. The Balaban J connectivity index is 5.57. The van der Waals surface area contributed by atoms with Crippen molar-refractivity contribution in [3.63, 3.8) is 0 Å². The van der Waals surface area contributed by atoms with Crippen molar-refractivity contribution in [1.82, 2.24) is 21.3 Å². The van der Waals surface area contributed by atoms with Gasteiger partial charge in [-0.3, -0.25) is 24.0 Å². The molecule has 0 aliphatic rings. The Kier molecular flexibility index (Phi) is 12.6. The molecule has 0 saturated carbocycles. The number of aliphatic hydroxyl groups is 1. The molecule has 0 fully saturated rings. The van der Waals surface area contributed by atoms with Crippen LogP contribution in [0.4, 0.5) is 0 Å². The van der Waals surface area contributed by atoms with Crippen molar-refractivity contribution < 1.29 is 43.8 Å². The van der Waals surface area contributed by atoms with Gasteiger partial charge >= 0.3 is 11.9 Å². The number of hydrogen-bond donors (Lipinski definition) is 7. The summed E-state index contributed by atoms with van der Waals surface area (Å²) in [5, 5.41) is 28.0. The highest BCUT2D eigenvalue weighted by atomic mass is 16.7. The van der Waals surface area contributed by atoms with Crippen molar-refractivity contribution in [2.75, 3.05) is 0 Å². The number of carboxylic acids is 1. The number of aliphatic hydroxyl groups excluding tert-OH is 1. The molecule has 0 aromatic heterocycles. The van der Waals surface area contributed by atoms with Crippen LogP contribution in [0.1, 0.15) is 47.5 Å². The van der Waals surface area contributed by atoms with Crippen molar-refractivity contribution in [1.29, 1.82) is 0 Å². The number of aliphatic carboxylic acids is 1. The molecule has 4 amide bonds. The third-order valence-electron chi connectivity index (χ3n) is 4.48. The van der Waals surface area contributed by atoms with Gasteiger partial charge in [0.25, 0.3) is 0 Å². The largest absolute Gasteiger partial charge is 0.481 e. The summed E-state index contributed by atoms with van der Waals surface area (Å²) in [5.74, 6) is -0.964. The van der Waals surface area contributed by atoms with Crippen LogP contribution in [-0.4, -0.2) is 76.1 Å². The molecule has 0 spiro atoms. The minimum Gasteiger partial charge on any atom is -0.481 e. The maximum absolute atomic E-state index is 12.8. The summed E-state index contributed by atoms with van der Waals surface area (Å²) < 4.78 is 0. The van der Waals surface area contributed by atoms with Crippen LogP contribution in [0, 0.1) is 5.92 Å². The van der Waals surface area contributed by atoms with Gasteiger partial charge < -0.3 is 36.3 Å². The van der Waals surface area contributed by atoms with E-state index < -0.39 is 78.2 Å². The zero-order chi connectivity index (χ0) is 25.9. The zero-order valence-electron chi connectivity index (χ0n) is 19.2. The fourth-order valence-corrected chi connectivity index (χ4v) is 2.68. The number of rotatable bonds is 13. The minimum absolute atomic E-state index is 0.332. The number of hydrogen-bond acceptors (Lipinski definition) is 9. The lowest BCUT2D eigenvalue weighted by molar-refractivity contribution is -0.148. The average molecular weight is 475 g/mol. The van der Waals surface area contributed by atoms with Gasteiger partial charge in [-0.1, -0.05) is 13.8 Å². The van der Waals surface area contributed by atoms with E-state index in [-0.39, 0.29) is 6.42 Å². The van der Waals surface area contributed by atoms with Gasteiger partial charge in [0.05, 0.1) is 6.10 Å². The van der Waals surface area contributed by atoms with Crippen molar-refractivity contribution in [3.8, 4) is 0 Å². The van der Waals surface area contributed by atoms with Crippen molar-refractivity contribution in [2.45, 2.75) is 77.7 Å². The van der Waals surface area contributed by atoms with Gasteiger partial charge in [0, 0.05) is 13.3 Å². The topological polar surface area (TPSA) is 226 Å². The molecule has 0 saturated heterocycles. The Morgan fingerprint density at radius 3 is 1.82 bits per heavy atom. The number of carbonyl (C=O) groups excluding carboxylic acids is 5. The predicted molar refractivity (Wildman–Crippen MR) is 113 cm³/mol. The second-order valence-electron chi connectivity index (χ2n) is 7.81. The smallest absolute Gasteiger partial charge is 0.346 e. The van der Waals surface area contributed by atoms with E-state index in [9.17, 15) is 33.9 Å². The molecule has 0 bridgehead atoms. The third kappa shape index (κ3) is 10.7. The fourth-order valence-electron chi connectivity index (χ4n) is 2.68. The molecule has 188 valence electrons. The van der Waals surface area contributed by atoms with Crippen molar-refractivity contribution >= 4 is 35.6 Å². The zero-order valence-corrected chi connectivity index (χ0v) is 19.2. The molecule has 14 nitrogen and oxygen atoms in total. The molecule has 0 aliphatic carbocycles. The normalized spacial score (nSPS) is 15.3. The van der Waals surface area contributed by atoms with Gasteiger partial charge in [0.1, 0.15) is 24.2 Å². The molecule has 0 aliphatic heterocycles. The lowest BCUT2D eigenvalue weighted by Gasteiger charge is -2.27. The van der Waals surface area contributed by atoms with Crippen molar-refractivity contribution in [2.24, 2.45) is 11.8 Å². The van der Waals surface area contributed by atoms with Crippen LogP contribution < -0.4 is 27.2 Å². The Hall–Kier alpha value is -3.26. The molecule has 5 atom stereocenters. The van der Waals surface area contributed by atoms with E-state index in [1.54, 1.807) is 13.8 Å². The summed E-state index contributed by atoms with van der Waals surface area (Å²) in [6.45, 7) is 6.92. The predicted octanol–water partition coefficient (Wildman–Crippen LogP) is -2.72. The summed E-state index contributed by atoms with van der Waals surface area (Å²) in [7, 11) is 0. The van der Waals surface area contributed by atoms with Crippen LogP contribution in [0.3, 0.4) is 0 Å². The molecule has 33 heavy (non-hydrogen) atoms. The molecule has 0 heterocycles. The van der Waals surface area contributed by atoms with Crippen LogP contribution in [-0.2, 0) is 33.6 Å². The SMILES string of the molecule is CC(=O)N[C@H](C(=O)N[C@@H](CCC(=O)O)C(=O)N[C@H](C(=O)N[C@@H](C)C(=O)ON)C(C)C)[C@@H](C)O. The number of amides is 4. The Morgan fingerprint density at radius 1 is 0.848 bits per heavy atom. The summed E-state index contributed by atoms with van der Waals surface area (Å²) in [4.78, 5) is 75.7. The first kappa shape index (κ1) is 29.7. The Labute approximate surface area is 190 Å². The van der Waals surface area contributed by atoms with E-state index >= 15 is 0 Å². The maximum atomic E-state index is 12.8. The van der Waals surface area contributed by atoms with E-state index in [1.807, 2.05) is 0 Å². The van der Waals surface area contributed by atoms with E-state index in [4.69, 9.17) is 11.0 Å². The first-order chi connectivity index (χ1) is 15.2. The van der Waals surface area contributed by atoms with Crippen LogP contribution in [0.15, 0.2) is 0 Å². The quantitative estimate of drug-likeness (QED) is 0.136. The average Bonchev–Trinajstić information content (AvgIpc) is 2.71. The van der Waals surface area contributed by atoms with Crippen LogP contribution in [0.2, 0.25) is 0 Å². The first-order valence-corrected chi connectivity index (χ1v) is 10.2. The standard InChI is InChI=1S/C19H33N5O9/c1-8(2)14(17(30)21-9(3)19(32)33-20)24-16(29)12(6-7-13(27)28)23-18(31)15(10(4)25)22-11(5)26/h8-10,12,14-15,25H,6-7,20H2,1-5H3,(H,21,30)(H,22,26)(H,23,31)(H,24,29)(H,27,28)/t9-,10+,12-,14-,15-/m0/s1. The van der Waals surface area contributed by atoms with E-state index in [0.717, 1.165) is 6.92 Å².